The molecular formula is C18H19ClN2O4. The number of nitrogens with one attached hydrogen (secondary N) is 2. The van der Waals surface area contributed by atoms with E-state index in [1.54, 1.807) is 24.3 Å². The van der Waals surface area contributed by atoms with E-state index in [1.165, 1.54) is 26.4 Å². The largest absolute Gasteiger partial charge is 0.493 e. The van der Waals surface area contributed by atoms with Crippen LogP contribution in [0, 0.1) is 0 Å². The second-order valence-electron chi connectivity index (χ2n) is 5.09. The van der Waals surface area contributed by atoms with Gasteiger partial charge in [-0.3, -0.25) is 9.59 Å². The predicted molar refractivity (Wildman–Crippen MR) is 97.0 cm³/mol. The van der Waals surface area contributed by atoms with Gasteiger partial charge in [0.25, 0.3) is 11.8 Å². The lowest BCUT2D eigenvalue weighted by Crippen LogP contribution is -2.22. The number of carbonyl (C=O) groups excluding carboxylic acids is 2. The highest BCUT2D eigenvalue weighted by Gasteiger charge is 2.16. The minimum atomic E-state index is -0.379. The summed E-state index contributed by atoms with van der Waals surface area (Å²) in [4.78, 5) is 24.4. The SMILES string of the molecule is CCNC(=O)c1cccc(NC(=O)c2cc(Cl)c(OC)c(OC)c2)c1. The monoisotopic (exact) mass is 362 g/mol. The molecule has 7 heteroatoms. The summed E-state index contributed by atoms with van der Waals surface area (Å²) >= 11 is 6.12. The summed E-state index contributed by atoms with van der Waals surface area (Å²) in [6.07, 6.45) is 0. The fourth-order valence-electron chi connectivity index (χ4n) is 2.25. The molecule has 0 saturated heterocycles. The van der Waals surface area contributed by atoms with Crippen molar-refractivity contribution in [2.45, 2.75) is 6.92 Å². The zero-order valence-electron chi connectivity index (χ0n) is 14.2. The van der Waals surface area contributed by atoms with Crippen LogP contribution in [0.1, 0.15) is 27.6 Å². The second kappa shape index (κ2) is 8.39. The number of halogens is 1. The number of carbonyl (C=O) groups is 2. The van der Waals surface area contributed by atoms with Gasteiger partial charge < -0.3 is 20.1 Å². The number of hydrogen-bond donors (Lipinski definition) is 2. The molecule has 6 nitrogen and oxygen atoms in total. The Labute approximate surface area is 151 Å². The first-order valence-electron chi connectivity index (χ1n) is 7.61. The normalized spacial score (nSPS) is 10.1. The third-order valence-electron chi connectivity index (χ3n) is 3.42. The molecule has 0 fully saturated rings. The van der Waals surface area contributed by atoms with Crippen LogP contribution in [0.3, 0.4) is 0 Å². The van der Waals surface area contributed by atoms with Gasteiger partial charge in [0.15, 0.2) is 11.5 Å². The molecule has 2 rings (SSSR count). The van der Waals surface area contributed by atoms with E-state index in [2.05, 4.69) is 10.6 Å². The van der Waals surface area contributed by atoms with Crippen LogP contribution in [0.25, 0.3) is 0 Å². The lowest BCUT2D eigenvalue weighted by Gasteiger charge is -2.12. The van der Waals surface area contributed by atoms with Crippen LogP contribution in [-0.4, -0.2) is 32.6 Å². The van der Waals surface area contributed by atoms with Crippen LogP contribution in [-0.2, 0) is 0 Å². The molecule has 0 heterocycles. The molecule has 0 unspecified atom stereocenters. The third-order valence-corrected chi connectivity index (χ3v) is 3.70. The first kappa shape index (κ1) is 18.6. The summed E-state index contributed by atoms with van der Waals surface area (Å²) in [7, 11) is 2.93. The molecule has 2 N–H and O–H groups in total. The molecule has 0 aliphatic carbocycles. The van der Waals surface area contributed by atoms with E-state index in [0.29, 0.717) is 34.9 Å². The summed E-state index contributed by atoms with van der Waals surface area (Å²) < 4.78 is 10.3. The molecule has 0 aliphatic rings. The smallest absolute Gasteiger partial charge is 0.255 e. The average molecular weight is 363 g/mol. The van der Waals surface area contributed by atoms with Crippen LogP contribution >= 0.6 is 11.6 Å². The zero-order valence-corrected chi connectivity index (χ0v) is 14.9. The van der Waals surface area contributed by atoms with Gasteiger partial charge in [-0.2, -0.15) is 0 Å². The molecular weight excluding hydrogens is 344 g/mol. The molecule has 0 aliphatic heterocycles. The van der Waals surface area contributed by atoms with Crippen molar-refractivity contribution in [1.29, 1.82) is 0 Å². The van der Waals surface area contributed by atoms with Gasteiger partial charge in [-0.1, -0.05) is 17.7 Å². The van der Waals surface area contributed by atoms with E-state index < -0.39 is 0 Å². The standard InChI is InChI=1S/C18H19ClN2O4/c1-4-20-17(22)11-6-5-7-13(8-11)21-18(23)12-9-14(19)16(25-3)15(10-12)24-2/h5-10H,4H2,1-3H3,(H,20,22)(H,21,23). The van der Waals surface area contributed by atoms with E-state index in [9.17, 15) is 9.59 Å². The van der Waals surface area contributed by atoms with Gasteiger partial charge in [0.2, 0.25) is 0 Å². The van der Waals surface area contributed by atoms with Crippen molar-refractivity contribution in [2.75, 3.05) is 26.1 Å². The molecule has 2 amide bonds. The van der Waals surface area contributed by atoms with E-state index >= 15 is 0 Å². The highest BCUT2D eigenvalue weighted by molar-refractivity contribution is 6.32. The summed E-state index contributed by atoms with van der Waals surface area (Å²) in [5.41, 5.74) is 1.27. The van der Waals surface area contributed by atoms with Crippen molar-refractivity contribution >= 4 is 29.1 Å². The Balaban J connectivity index is 2.24. The fourth-order valence-corrected chi connectivity index (χ4v) is 2.54. The highest BCUT2D eigenvalue weighted by Crippen LogP contribution is 2.36. The summed E-state index contributed by atoms with van der Waals surface area (Å²) in [5, 5.41) is 5.71. The number of ether oxygens (including phenoxy) is 2. The minimum absolute atomic E-state index is 0.201. The van der Waals surface area contributed by atoms with E-state index in [0.717, 1.165) is 0 Å². The van der Waals surface area contributed by atoms with Crippen molar-refractivity contribution in [1.82, 2.24) is 5.32 Å². The van der Waals surface area contributed by atoms with Crippen molar-refractivity contribution < 1.29 is 19.1 Å². The number of hydrogen-bond acceptors (Lipinski definition) is 4. The summed E-state index contributed by atoms with van der Waals surface area (Å²) in [6.45, 7) is 2.36. The lowest BCUT2D eigenvalue weighted by atomic mass is 10.1. The maximum atomic E-state index is 12.5. The predicted octanol–water partition coefficient (Wildman–Crippen LogP) is 3.36. The Kier molecular flexibility index (Phi) is 6.25. The number of benzene rings is 2. The molecule has 0 saturated carbocycles. The van der Waals surface area contributed by atoms with Crippen LogP contribution in [0.5, 0.6) is 11.5 Å². The van der Waals surface area contributed by atoms with Crippen molar-refractivity contribution in [3.63, 3.8) is 0 Å². The van der Waals surface area contributed by atoms with Crippen molar-refractivity contribution in [2.24, 2.45) is 0 Å². The fraction of sp³-hybridized carbons (Fsp3) is 0.222. The minimum Gasteiger partial charge on any atom is -0.493 e. The molecule has 0 radical (unpaired) electrons. The molecule has 132 valence electrons. The van der Waals surface area contributed by atoms with Crippen LogP contribution in [0.15, 0.2) is 36.4 Å². The number of amides is 2. The van der Waals surface area contributed by atoms with Gasteiger partial charge >= 0.3 is 0 Å². The van der Waals surface area contributed by atoms with E-state index in [1.807, 2.05) is 6.92 Å². The molecule has 0 atom stereocenters. The van der Waals surface area contributed by atoms with E-state index in [-0.39, 0.29) is 16.8 Å². The van der Waals surface area contributed by atoms with Gasteiger partial charge in [0.05, 0.1) is 19.2 Å². The Morgan fingerprint density at radius 3 is 2.44 bits per heavy atom. The third kappa shape index (κ3) is 4.42. The van der Waals surface area contributed by atoms with Crippen molar-refractivity contribution in [3.8, 4) is 11.5 Å². The molecule has 0 spiro atoms. The first-order valence-corrected chi connectivity index (χ1v) is 7.99. The van der Waals surface area contributed by atoms with Crippen LogP contribution in [0.4, 0.5) is 5.69 Å². The topological polar surface area (TPSA) is 76.7 Å². The van der Waals surface area contributed by atoms with Gasteiger partial charge in [0, 0.05) is 23.4 Å². The van der Waals surface area contributed by atoms with Gasteiger partial charge in [0.1, 0.15) is 0 Å². The van der Waals surface area contributed by atoms with Gasteiger partial charge in [-0.05, 0) is 37.3 Å². The molecule has 25 heavy (non-hydrogen) atoms. The Hall–Kier alpha value is -2.73. The average Bonchev–Trinajstić information content (AvgIpc) is 2.61. The maximum absolute atomic E-state index is 12.5. The van der Waals surface area contributed by atoms with Crippen LogP contribution < -0.4 is 20.1 Å². The zero-order chi connectivity index (χ0) is 18.4. The molecule has 2 aromatic rings. The van der Waals surface area contributed by atoms with Gasteiger partial charge in [-0.25, -0.2) is 0 Å². The van der Waals surface area contributed by atoms with Crippen LogP contribution in [0.2, 0.25) is 5.02 Å². The number of rotatable bonds is 6. The first-order chi connectivity index (χ1) is 12.0. The molecule has 2 aromatic carbocycles. The Morgan fingerprint density at radius 1 is 1.04 bits per heavy atom. The van der Waals surface area contributed by atoms with E-state index in [4.69, 9.17) is 21.1 Å². The summed E-state index contributed by atoms with van der Waals surface area (Å²) in [5.74, 6) is 0.138. The number of methoxy groups -OCH3 is 2. The van der Waals surface area contributed by atoms with Gasteiger partial charge in [-0.15, -0.1) is 0 Å². The quantitative estimate of drug-likeness (QED) is 0.826. The molecule has 0 bridgehead atoms. The lowest BCUT2D eigenvalue weighted by molar-refractivity contribution is 0.0954. The Bertz CT molecular complexity index is 793. The number of anilines is 1. The Morgan fingerprint density at radius 2 is 1.80 bits per heavy atom. The highest BCUT2D eigenvalue weighted by atomic mass is 35.5. The van der Waals surface area contributed by atoms with Crippen molar-refractivity contribution in [3.05, 3.63) is 52.5 Å². The maximum Gasteiger partial charge on any atom is 0.255 e. The summed E-state index contributed by atoms with van der Waals surface area (Å²) in [6, 6.07) is 9.70. The second-order valence-corrected chi connectivity index (χ2v) is 5.50. The molecule has 0 aromatic heterocycles.